The van der Waals surface area contributed by atoms with Gasteiger partial charge in [-0.3, -0.25) is 4.79 Å². The van der Waals surface area contributed by atoms with Crippen LogP contribution in [0.1, 0.15) is 39.0 Å². The molecule has 0 unspecified atom stereocenters. The predicted octanol–water partition coefficient (Wildman–Crippen LogP) is 1.72. The van der Waals surface area contributed by atoms with Crippen molar-refractivity contribution in [3.8, 4) is 0 Å². The maximum atomic E-state index is 11.6. The van der Waals surface area contributed by atoms with Gasteiger partial charge in [-0.15, -0.1) is 0 Å². The standard InChI is InChI=1S/C12H24N2O2S/c1-3-4-5-6-9-16-10-12(15)14(2)8-7-11(13)17/h3-10H2,1-2H3,(H2,13,17). The Morgan fingerprint density at radius 2 is 2.06 bits per heavy atom. The molecule has 2 N–H and O–H groups in total. The molecule has 100 valence electrons. The Morgan fingerprint density at radius 3 is 2.65 bits per heavy atom. The monoisotopic (exact) mass is 260 g/mol. The molecule has 0 saturated carbocycles. The third kappa shape index (κ3) is 10.2. The highest BCUT2D eigenvalue weighted by atomic mass is 32.1. The van der Waals surface area contributed by atoms with Gasteiger partial charge in [0.15, 0.2) is 0 Å². The molecule has 0 aromatic carbocycles. The molecule has 0 heterocycles. The Labute approximate surface area is 109 Å². The van der Waals surface area contributed by atoms with Crippen LogP contribution in [0.5, 0.6) is 0 Å². The van der Waals surface area contributed by atoms with Crippen LogP contribution in [0, 0.1) is 0 Å². The van der Waals surface area contributed by atoms with Crippen molar-refractivity contribution in [2.45, 2.75) is 39.0 Å². The molecular weight excluding hydrogens is 236 g/mol. The Balaban J connectivity index is 3.47. The minimum Gasteiger partial charge on any atom is -0.393 e. The number of amides is 1. The summed E-state index contributed by atoms with van der Waals surface area (Å²) < 4.78 is 5.31. The molecular formula is C12H24N2O2S. The first-order chi connectivity index (χ1) is 8.07. The van der Waals surface area contributed by atoms with Crippen molar-refractivity contribution >= 4 is 23.1 Å². The number of thiocarbonyl (C=S) groups is 1. The molecule has 4 nitrogen and oxygen atoms in total. The molecule has 0 atom stereocenters. The first-order valence-corrected chi connectivity index (χ1v) is 6.58. The molecule has 0 aromatic heterocycles. The number of ether oxygens (including phenoxy) is 1. The van der Waals surface area contributed by atoms with Crippen LogP contribution in [0.25, 0.3) is 0 Å². The van der Waals surface area contributed by atoms with Crippen molar-refractivity contribution < 1.29 is 9.53 Å². The second-order valence-corrected chi connectivity index (χ2v) is 4.67. The van der Waals surface area contributed by atoms with E-state index in [0.29, 0.717) is 24.6 Å². The summed E-state index contributed by atoms with van der Waals surface area (Å²) in [7, 11) is 1.74. The van der Waals surface area contributed by atoms with E-state index >= 15 is 0 Å². The lowest BCUT2D eigenvalue weighted by Crippen LogP contribution is -2.33. The lowest BCUT2D eigenvalue weighted by atomic mass is 10.2. The van der Waals surface area contributed by atoms with Crippen LogP contribution in [0.15, 0.2) is 0 Å². The highest BCUT2D eigenvalue weighted by molar-refractivity contribution is 7.80. The zero-order valence-electron chi connectivity index (χ0n) is 10.9. The van der Waals surface area contributed by atoms with Crippen LogP contribution in [0.3, 0.4) is 0 Å². The molecule has 0 bridgehead atoms. The molecule has 0 rings (SSSR count). The average molecular weight is 260 g/mol. The van der Waals surface area contributed by atoms with E-state index in [2.05, 4.69) is 6.92 Å². The summed E-state index contributed by atoms with van der Waals surface area (Å²) in [6.45, 7) is 3.55. The topological polar surface area (TPSA) is 55.6 Å². The molecule has 0 spiro atoms. The van der Waals surface area contributed by atoms with Crippen LogP contribution < -0.4 is 5.73 Å². The Morgan fingerprint density at radius 1 is 1.35 bits per heavy atom. The lowest BCUT2D eigenvalue weighted by molar-refractivity contribution is -0.134. The quantitative estimate of drug-likeness (QED) is 0.480. The van der Waals surface area contributed by atoms with Gasteiger partial charge in [0, 0.05) is 26.6 Å². The first kappa shape index (κ1) is 16.3. The maximum Gasteiger partial charge on any atom is 0.248 e. The zero-order chi connectivity index (χ0) is 13.1. The van der Waals surface area contributed by atoms with Crippen molar-refractivity contribution in [1.29, 1.82) is 0 Å². The second-order valence-electron chi connectivity index (χ2n) is 4.14. The van der Waals surface area contributed by atoms with Gasteiger partial charge in [-0.25, -0.2) is 0 Å². The van der Waals surface area contributed by atoms with Gasteiger partial charge in [0.25, 0.3) is 0 Å². The SMILES string of the molecule is CCCCCCOCC(=O)N(C)CCC(N)=S. The summed E-state index contributed by atoms with van der Waals surface area (Å²) in [5, 5.41) is 0. The lowest BCUT2D eigenvalue weighted by Gasteiger charge is -2.16. The molecule has 0 radical (unpaired) electrons. The number of likely N-dealkylation sites (N-methyl/N-ethyl adjacent to an activating group) is 1. The van der Waals surface area contributed by atoms with Gasteiger partial charge < -0.3 is 15.4 Å². The first-order valence-electron chi connectivity index (χ1n) is 6.18. The molecule has 0 aliphatic heterocycles. The van der Waals surface area contributed by atoms with E-state index in [1.165, 1.54) is 19.3 Å². The molecule has 17 heavy (non-hydrogen) atoms. The molecule has 0 fully saturated rings. The van der Waals surface area contributed by atoms with Gasteiger partial charge in [-0.05, 0) is 6.42 Å². The van der Waals surface area contributed by atoms with Gasteiger partial charge >= 0.3 is 0 Å². The van der Waals surface area contributed by atoms with Gasteiger partial charge in [0.05, 0.1) is 4.99 Å². The molecule has 0 aliphatic rings. The number of unbranched alkanes of at least 4 members (excludes halogenated alkanes) is 3. The summed E-state index contributed by atoms with van der Waals surface area (Å²) in [6, 6.07) is 0. The predicted molar refractivity (Wildman–Crippen MR) is 74.0 cm³/mol. The fourth-order valence-electron chi connectivity index (χ4n) is 1.30. The minimum absolute atomic E-state index is 0.0169. The van der Waals surface area contributed by atoms with E-state index in [1.54, 1.807) is 11.9 Å². The van der Waals surface area contributed by atoms with Crippen LogP contribution in [-0.2, 0) is 9.53 Å². The Kier molecular flexibility index (Phi) is 10.1. The third-order valence-electron chi connectivity index (χ3n) is 2.49. The minimum atomic E-state index is -0.0169. The molecule has 0 saturated heterocycles. The maximum absolute atomic E-state index is 11.6. The summed E-state index contributed by atoms with van der Waals surface area (Å²) in [6.07, 6.45) is 5.19. The van der Waals surface area contributed by atoms with E-state index < -0.39 is 0 Å². The fraction of sp³-hybridized carbons (Fsp3) is 0.833. The van der Waals surface area contributed by atoms with Crippen molar-refractivity contribution in [1.82, 2.24) is 4.90 Å². The molecule has 1 amide bonds. The van der Waals surface area contributed by atoms with Gasteiger partial charge in [0.2, 0.25) is 5.91 Å². The fourth-order valence-corrected chi connectivity index (χ4v) is 1.39. The van der Waals surface area contributed by atoms with Crippen LogP contribution in [-0.4, -0.2) is 42.6 Å². The number of hydrogen-bond acceptors (Lipinski definition) is 3. The van der Waals surface area contributed by atoms with Crippen molar-refractivity contribution in [2.24, 2.45) is 5.73 Å². The summed E-state index contributed by atoms with van der Waals surface area (Å²) >= 11 is 4.76. The number of carbonyl (C=O) groups excluding carboxylic acids is 1. The molecule has 5 heteroatoms. The van der Waals surface area contributed by atoms with E-state index in [4.69, 9.17) is 22.7 Å². The Bertz CT molecular complexity index is 235. The van der Waals surface area contributed by atoms with Gasteiger partial charge in [0.1, 0.15) is 6.61 Å². The van der Waals surface area contributed by atoms with Crippen LogP contribution in [0.2, 0.25) is 0 Å². The summed E-state index contributed by atoms with van der Waals surface area (Å²) in [5.41, 5.74) is 5.37. The molecule has 0 aliphatic carbocycles. The smallest absolute Gasteiger partial charge is 0.248 e. The number of carbonyl (C=O) groups is 1. The third-order valence-corrected chi connectivity index (χ3v) is 2.69. The average Bonchev–Trinajstić information content (AvgIpc) is 2.30. The largest absolute Gasteiger partial charge is 0.393 e. The van der Waals surface area contributed by atoms with E-state index in [0.717, 1.165) is 6.42 Å². The zero-order valence-corrected chi connectivity index (χ0v) is 11.7. The summed E-state index contributed by atoms with van der Waals surface area (Å²) in [5.74, 6) is -0.0169. The van der Waals surface area contributed by atoms with Crippen molar-refractivity contribution in [3.63, 3.8) is 0 Å². The highest BCUT2D eigenvalue weighted by Gasteiger charge is 2.08. The number of nitrogens with zero attached hydrogens (tertiary/aromatic N) is 1. The van der Waals surface area contributed by atoms with Crippen LogP contribution in [0.4, 0.5) is 0 Å². The summed E-state index contributed by atoms with van der Waals surface area (Å²) in [4.78, 5) is 13.6. The van der Waals surface area contributed by atoms with E-state index in [1.807, 2.05) is 0 Å². The Hall–Kier alpha value is -0.680. The normalized spacial score (nSPS) is 10.2. The number of nitrogens with two attached hydrogens (primary N) is 1. The number of rotatable bonds is 10. The van der Waals surface area contributed by atoms with Crippen molar-refractivity contribution in [3.05, 3.63) is 0 Å². The second kappa shape index (κ2) is 10.5. The van der Waals surface area contributed by atoms with Gasteiger partial charge in [-0.2, -0.15) is 0 Å². The van der Waals surface area contributed by atoms with E-state index in [-0.39, 0.29) is 12.5 Å². The molecule has 0 aromatic rings. The number of hydrogen-bond donors (Lipinski definition) is 1. The van der Waals surface area contributed by atoms with Crippen molar-refractivity contribution in [2.75, 3.05) is 26.8 Å². The van der Waals surface area contributed by atoms with E-state index in [9.17, 15) is 4.79 Å². The highest BCUT2D eigenvalue weighted by Crippen LogP contribution is 1.99. The van der Waals surface area contributed by atoms with Gasteiger partial charge in [-0.1, -0.05) is 38.4 Å². The van der Waals surface area contributed by atoms with Crippen LogP contribution >= 0.6 is 12.2 Å².